The van der Waals surface area contributed by atoms with Gasteiger partial charge in [-0.25, -0.2) is 0 Å². The van der Waals surface area contributed by atoms with Gasteiger partial charge in [-0.05, 0) is 43.4 Å². The first-order valence-electron chi connectivity index (χ1n) is 6.40. The average Bonchev–Trinajstić information content (AvgIpc) is 3.18. The fraction of sp³-hybridized carbons (Fsp3) is 0.500. The van der Waals surface area contributed by atoms with Crippen molar-refractivity contribution in [1.82, 2.24) is 5.32 Å². The summed E-state index contributed by atoms with van der Waals surface area (Å²) in [5.74, 6) is 0.401. The van der Waals surface area contributed by atoms with Crippen molar-refractivity contribution < 1.29 is 4.79 Å². The molecule has 1 aromatic rings. The molecule has 0 bridgehead atoms. The second-order valence-electron chi connectivity index (χ2n) is 5.32. The lowest BCUT2D eigenvalue weighted by molar-refractivity contribution is -0.122. The summed E-state index contributed by atoms with van der Waals surface area (Å²) in [6.45, 7) is 2.44. The van der Waals surface area contributed by atoms with E-state index >= 15 is 0 Å². The van der Waals surface area contributed by atoms with Crippen molar-refractivity contribution in [2.24, 2.45) is 11.7 Å². The lowest BCUT2D eigenvalue weighted by Gasteiger charge is -2.29. The molecule has 2 rings (SSSR count). The van der Waals surface area contributed by atoms with Crippen LogP contribution in [0.15, 0.2) is 18.2 Å². The van der Waals surface area contributed by atoms with Crippen molar-refractivity contribution in [3.8, 4) is 0 Å². The van der Waals surface area contributed by atoms with Crippen LogP contribution >= 0.6 is 35.6 Å². The largest absolute Gasteiger partial charge is 0.349 e. The molecule has 20 heavy (non-hydrogen) atoms. The van der Waals surface area contributed by atoms with Gasteiger partial charge < -0.3 is 11.1 Å². The Morgan fingerprint density at radius 3 is 2.40 bits per heavy atom. The van der Waals surface area contributed by atoms with E-state index in [2.05, 4.69) is 5.32 Å². The molecule has 0 saturated heterocycles. The first-order chi connectivity index (χ1) is 8.96. The molecule has 3 N–H and O–H groups in total. The van der Waals surface area contributed by atoms with Crippen LogP contribution in [0.1, 0.15) is 25.3 Å². The maximum atomic E-state index is 12.1. The van der Waals surface area contributed by atoms with E-state index < -0.39 is 0 Å². The van der Waals surface area contributed by atoms with Crippen molar-refractivity contribution in [3.05, 3.63) is 33.8 Å². The molecule has 1 saturated carbocycles. The van der Waals surface area contributed by atoms with E-state index in [0.29, 0.717) is 28.1 Å². The molecule has 1 aromatic carbocycles. The maximum absolute atomic E-state index is 12.1. The quantitative estimate of drug-likeness (QED) is 0.867. The Kier molecular flexibility index (Phi) is 6.14. The second-order valence-corrected chi connectivity index (χ2v) is 6.14. The third-order valence-electron chi connectivity index (χ3n) is 3.73. The zero-order chi connectivity index (χ0) is 14.0. The lowest BCUT2D eigenvalue weighted by atomic mass is 9.95. The van der Waals surface area contributed by atoms with Crippen LogP contribution in [0.4, 0.5) is 0 Å². The summed E-state index contributed by atoms with van der Waals surface area (Å²) < 4.78 is 0. The number of halogens is 3. The molecule has 1 atom stereocenters. The highest BCUT2D eigenvalue weighted by molar-refractivity contribution is 6.36. The van der Waals surface area contributed by atoms with Crippen LogP contribution in [0.3, 0.4) is 0 Å². The molecule has 0 spiro atoms. The summed E-state index contributed by atoms with van der Waals surface area (Å²) >= 11 is 12.1. The Hall–Kier alpha value is -0.480. The van der Waals surface area contributed by atoms with Gasteiger partial charge in [-0.3, -0.25) is 4.79 Å². The molecule has 1 aliphatic carbocycles. The number of hydrogen-bond acceptors (Lipinski definition) is 2. The highest BCUT2D eigenvalue weighted by Gasteiger charge is 2.41. The van der Waals surface area contributed by atoms with Crippen LogP contribution in [0.2, 0.25) is 10.0 Å². The van der Waals surface area contributed by atoms with Crippen LogP contribution in [-0.4, -0.2) is 18.0 Å². The average molecular weight is 338 g/mol. The number of amides is 1. The molecule has 1 aliphatic rings. The number of carbonyl (C=O) groups excluding carboxylic acids is 1. The van der Waals surface area contributed by atoms with Crippen molar-refractivity contribution in [1.29, 1.82) is 0 Å². The van der Waals surface area contributed by atoms with E-state index in [0.717, 1.165) is 12.8 Å². The number of hydrogen-bond donors (Lipinski definition) is 2. The third kappa shape index (κ3) is 4.01. The third-order valence-corrected chi connectivity index (χ3v) is 4.43. The van der Waals surface area contributed by atoms with Crippen LogP contribution in [0, 0.1) is 5.92 Å². The molecule has 1 unspecified atom stereocenters. The normalized spacial score (nSPS) is 17.0. The summed E-state index contributed by atoms with van der Waals surface area (Å²) in [7, 11) is 0. The minimum Gasteiger partial charge on any atom is -0.349 e. The SMILES string of the molecule is CC(CN)(NC(=O)Cc1c(Cl)cccc1Cl)C1CC1.Cl. The number of rotatable bonds is 5. The highest BCUT2D eigenvalue weighted by atomic mass is 35.5. The van der Waals surface area contributed by atoms with Gasteiger partial charge in [0.1, 0.15) is 0 Å². The Morgan fingerprint density at radius 2 is 1.95 bits per heavy atom. The van der Waals surface area contributed by atoms with Gasteiger partial charge >= 0.3 is 0 Å². The Balaban J connectivity index is 0.00000200. The number of benzene rings is 1. The van der Waals surface area contributed by atoms with E-state index in [1.807, 2.05) is 6.92 Å². The molecular weight excluding hydrogens is 319 g/mol. The molecule has 0 heterocycles. The van der Waals surface area contributed by atoms with Crippen LogP contribution in [0.5, 0.6) is 0 Å². The van der Waals surface area contributed by atoms with Crippen LogP contribution in [-0.2, 0) is 11.2 Å². The molecule has 0 aromatic heterocycles. The lowest BCUT2D eigenvalue weighted by Crippen LogP contribution is -2.53. The zero-order valence-electron chi connectivity index (χ0n) is 11.3. The molecule has 1 fully saturated rings. The summed E-state index contributed by atoms with van der Waals surface area (Å²) in [5.41, 5.74) is 6.13. The van der Waals surface area contributed by atoms with Gasteiger partial charge in [0.2, 0.25) is 5.91 Å². The van der Waals surface area contributed by atoms with Crippen LogP contribution in [0.25, 0.3) is 0 Å². The fourth-order valence-electron chi connectivity index (χ4n) is 2.26. The maximum Gasteiger partial charge on any atom is 0.225 e. The molecular formula is C14H19Cl3N2O. The molecule has 3 nitrogen and oxygen atoms in total. The van der Waals surface area contributed by atoms with Crippen molar-refractivity contribution in [2.75, 3.05) is 6.54 Å². The van der Waals surface area contributed by atoms with Crippen molar-refractivity contribution in [2.45, 2.75) is 31.7 Å². The fourth-order valence-corrected chi connectivity index (χ4v) is 2.80. The molecule has 1 amide bonds. The van der Waals surface area contributed by atoms with Gasteiger partial charge in [-0.1, -0.05) is 29.3 Å². The van der Waals surface area contributed by atoms with Gasteiger partial charge in [-0.15, -0.1) is 12.4 Å². The standard InChI is InChI=1S/C14H18Cl2N2O.ClH/c1-14(8-17,9-5-6-9)18-13(19)7-10-11(15)3-2-4-12(10)16;/h2-4,9H,5-8,17H2,1H3,(H,18,19);1H. The van der Waals surface area contributed by atoms with Crippen LogP contribution < -0.4 is 11.1 Å². The van der Waals surface area contributed by atoms with E-state index in [1.54, 1.807) is 18.2 Å². The van der Waals surface area contributed by atoms with Crippen molar-refractivity contribution in [3.63, 3.8) is 0 Å². The second kappa shape index (κ2) is 6.99. The predicted molar refractivity (Wildman–Crippen MR) is 85.7 cm³/mol. The van der Waals surface area contributed by atoms with Crippen molar-refractivity contribution >= 4 is 41.5 Å². The van der Waals surface area contributed by atoms with Gasteiger partial charge in [-0.2, -0.15) is 0 Å². The smallest absolute Gasteiger partial charge is 0.225 e. The summed E-state index contributed by atoms with van der Waals surface area (Å²) in [6, 6.07) is 5.23. The highest BCUT2D eigenvalue weighted by Crippen LogP contribution is 2.39. The number of carbonyl (C=O) groups is 1. The predicted octanol–water partition coefficient (Wildman–Crippen LogP) is 3.20. The monoisotopic (exact) mass is 336 g/mol. The van der Waals surface area contributed by atoms with Gasteiger partial charge in [0, 0.05) is 16.6 Å². The summed E-state index contributed by atoms with van der Waals surface area (Å²) in [5, 5.41) is 4.06. The van der Waals surface area contributed by atoms with E-state index in [-0.39, 0.29) is 30.3 Å². The van der Waals surface area contributed by atoms with E-state index in [4.69, 9.17) is 28.9 Å². The topological polar surface area (TPSA) is 55.1 Å². The van der Waals surface area contributed by atoms with Gasteiger partial charge in [0.05, 0.1) is 12.0 Å². The molecule has 6 heteroatoms. The summed E-state index contributed by atoms with van der Waals surface area (Å²) in [4.78, 5) is 12.1. The minimum absolute atomic E-state index is 0. The number of nitrogens with two attached hydrogens (primary N) is 1. The molecule has 0 aliphatic heterocycles. The van der Waals surface area contributed by atoms with E-state index in [9.17, 15) is 4.79 Å². The molecule has 112 valence electrons. The van der Waals surface area contributed by atoms with Gasteiger partial charge in [0.15, 0.2) is 0 Å². The Bertz CT molecular complexity index is 471. The number of nitrogens with one attached hydrogen (secondary N) is 1. The summed E-state index contributed by atoms with van der Waals surface area (Å²) in [6.07, 6.45) is 2.43. The zero-order valence-corrected chi connectivity index (χ0v) is 13.6. The Morgan fingerprint density at radius 1 is 1.40 bits per heavy atom. The van der Waals surface area contributed by atoms with Gasteiger partial charge in [0.25, 0.3) is 0 Å². The first kappa shape index (κ1) is 17.6. The van der Waals surface area contributed by atoms with E-state index in [1.165, 1.54) is 0 Å². The minimum atomic E-state index is -0.315. The first-order valence-corrected chi connectivity index (χ1v) is 7.16. The Labute approximate surface area is 135 Å². The molecule has 0 radical (unpaired) electrons.